The molecule has 0 saturated carbocycles. The van der Waals surface area contributed by atoms with E-state index in [0.29, 0.717) is 11.3 Å². The molecular weight excluding hydrogens is 304 g/mol. The molecule has 23 heavy (non-hydrogen) atoms. The van der Waals surface area contributed by atoms with Crippen molar-refractivity contribution in [3.63, 3.8) is 0 Å². The van der Waals surface area contributed by atoms with Crippen molar-refractivity contribution < 1.29 is 18.7 Å². The third-order valence-corrected chi connectivity index (χ3v) is 3.06. The Morgan fingerprint density at radius 2 is 1.78 bits per heavy atom. The normalized spacial score (nSPS) is 11.4. The van der Waals surface area contributed by atoms with Crippen LogP contribution in [0, 0.1) is 23.0 Å². The molecule has 0 aliphatic heterocycles. The Hall–Kier alpha value is -2.98. The SMILES string of the molecule is N#Cc1ccc(NC(=O)NCC(O)c2c(F)cccc2F)cc1. The van der Waals surface area contributed by atoms with Crippen LogP contribution in [0.1, 0.15) is 17.2 Å². The molecule has 0 fully saturated rings. The first-order chi connectivity index (χ1) is 11.0. The number of carbonyl (C=O) groups is 1. The summed E-state index contributed by atoms with van der Waals surface area (Å²) in [5, 5.41) is 23.3. The van der Waals surface area contributed by atoms with Gasteiger partial charge in [0.25, 0.3) is 0 Å². The molecule has 2 aromatic carbocycles. The molecule has 0 aromatic heterocycles. The molecule has 0 saturated heterocycles. The Morgan fingerprint density at radius 3 is 2.35 bits per heavy atom. The number of urea groups is 1. The molecule has 5 nitrogen and oxygen atoms in total. The molecule has 0 bridgehead atoms. The average Bonchev–Trinajstić information content (AvgIpc) is 2.53. The Kier molecular flexibility index (Phi) is 5.23. The number of hydrogen-bond donors (Lipinski definition) is 3. The summed E-state index contributed by atoms with van der Waals surface area (Å²) in [6.45, 7) is -0.361. The van der Waals surface area contributed by atoms with E-state index in [0.717, 1.165) is 12.1 Å². The van der Waals surface area contributed by atoms with Crippen LogP contribution in [0.5, 0.6) is 0 Å². The lowest BCUT2D eigenvalue weighted by Gasteiger charge is -2.14. The van der Waals surface area contributed by atoms with Gasteiger partial charge in [0.2, 0.25) is 0 Å². The molecule has 3 N–H and O–H groups in total. The van der Waals surface area contributed by atoms with Crippen LogP contribution in [-0.2, 0) is 0 Å². The lowest BCUT2D eigenvalue weighted by Crippen LogP contribution is -2.32. The van der Waals surface area contributed by atoms with Crippen LogP contribution >= 0.6 is 0 Å². The number of nitrogens with one attached hydrogen (secondary N) is 2. The molecule has 0 heterocycles. The summed E-state index contributed by atoms with van der Waals surface area (Å²) < 4.78 is 27.0. The zero-order chi connectivity index (χ0) is 16.8. The highest BCUT2D eigenvalue weighted by atomic mass is 19.1. The molecule has 7 heteroatoms. The summed E-state index contributed by atoms with van der Waals surface area (Å²) in [4.78, 5) is 11.7. The molecule has 118 valence electrons. The van der Waals surface area contributed by atoms with Gasteiger partial charge in [-0.2, -0.15) is 5.26 Å². The van der Waals surface area contributed by atoms with Crippen LogP contribution in [0.25, 0.3) is 0 Å². The van der Waals surface area contributed by atoms with E-state index in [9.17, 15) is 18.7 Å². The maximum atomic E-state index is 13.5. The number of rotatable bonds is 4. The molecule has 2 aromatic rings. The third-order valence-electron chi connectivity index (χ3n) is 3.06. The van der Waals surface area contributed by atoms with E-state index < -0.39 is 29.3 Å². The van der Waals surface area contributed by atoms with Gasteiger partial charge in [0.15, 0.2) is 0 Å². The van der Waals surface area contributed by atoms with Crippen LogP contribution in [0.2, 0.25) is 0 Å². The minimum atomic E-state index is -1.51. The molecule has 0 aliphatic carbocycles. The number of aliphatic hydroxyl groups excluding tert-OH is 1. The summed E-state index contributed by atoms with van der Waals surface area (Å²) in [7, 11) is 0. The predicted molar refractivity (Wildman–Crippen MR) is 79.5 cm³/mol. The van der Waals surface area contributed by atoms with E-state index in [-0.39, 0.29) is 6.54 Å². The first-order valence-electron chi connectivity index (χ1n) is 6.68. The summed E-state index contributed by atoms with van der Waals surface area (Å²) in [6.07, 6.45) is -1.51. The van der Waals surface area contributed by atoms with Crippen molar-refractivity contribution in [1.29, 1.82) is 5.26 Å². The van der Waals surface area contributed by atoms with Gasteiger partial charge in [-0.1, -0.05) is 6.07 Å². The van der Waals surface area contributed by atoms with Crippen LogP contribution in [-0.4, -0.2) is 17.7 Å². The summed E-state index contributed by atoms with van der Waals surface area (Å²) in [5.41, 5.74) is 0.389. The van der Waals surface area contributed by atoms with Gasteiger partial charge in [-0.05, 0) is 36.4 Å². The standard InChI is InChI=1S/C16H13F2N3O2/c17-12-2-1-3-13(18)15(12)14(22)9-20-16(23)21-11-6-4-10(8-19)5-7-11/h1-7,14,22H,9H2,(H2,20,21,23). The molecular formula is C16H13F2N3O2. The fourth-order valence-corrected chi connectivity index (χ4v) is 1.92. The molecule has 2 amide bonds. The third kappa shape index (κ3) is 4.25. The van der Waals surface area contributed by atoms with Gasteiger partial charge < -0.3 is 15.7 Å². The molecule has 0 spiro atoms. The molecule has 0 aliphatic rings. The van der Waals surface area contributed by atoms with Crippen molar-refractivity contribution in [3.8, 4) is 6.07 Å². The van der Waals surface area contributed by atoms with E-state index in [1.54, 1.807) is 0 Å². The lowest BCUT2D eigenvalue weighted by molar-refractivity contribution is 0.166. The minimum Gasteiger partial charge on any atom is -0.386 e. The maximum Gasteiger partial charge on any atom is 0.319 e. The highest BCUT2D eigenvalue weighted by Crippen LogP contribution is 2.20. The fourth-order valence-electron chi connectivity index (χ4n) is 1.92. The van der Waals surface area contributed by atoms with E-state index in [4.69, 9.17) is 5.26 Å². The summed E-state index contributed by atoms with van der Waals surface area (Å²) >= 11 is 0. The van der Waals surface area contributed by atoms with Crippen LogP contribution in [0.4, 0.5) is 19.3 Å². The monoisotopic (exact) mass is 317 g/mol. The van der Waals surface area contributed by atoms with Gasteiger partial charge in [0.1, 0.15) is 17.7 Å². The van der Waals surface area contributed by atoms with Crippen molar-refractivity contribution >= 4 is 11.7 Å². The van der Waals surface area contributed by atoms with Crippen LogP contribution < -0.4 is 10.6 Å². The van der Waals surface area contributed by atoms with Crippen molar-refractivity contribution in [2.45, 2.75) is 6.10 Å². The van der Waals surface area contributed by atoms with Crippen molar-refractivity contribution in [2.24, 2.45) is 0 Å². The second-order valence-corrected chi connectivity index (χ2v) is 4.68. The lowest BCUT2D eigenvalue weighted by atomic mass is 10.1. The number of amides is 2. The second-order valence-electron chi connectivity index (χ2n) is 4.68. The zero-order valence-electron chi connectivity index (χ0n) is 11.9. The van der Waals surface area contributed by atoms with Crippen molar-refractivity contribution in [1.82, 2.24) is 5.32 Å². The van der Waals surface area contributed by atoms with Crippen molar-refractivity contribution in [2.75, 3.05) is 11.9 Å². The number of anilines is 1. The zero-order valence-corrected chi connectivity index (χ0v) is 11.9. The van der Waals surface area contributed by atoms with Crippen molar-refractivity contribution in [3.05, 3.63) is 65.2 Å². The van der Waals surface area contributed by atoms with E-state index in [1.807, 2.05) is 6.07 Å². The predicted octanol–water partition coefficient (Wildman–Crippen LogP) is 2.69. The Balaban J connectivity index is 1.92. The molecule has 1 unspecified atom stereocenters. The van der Waals surface area contributed by atoms with E-state index in [2.05, 4.69) is 10.6 Å². The van der Waals surface area contributed by atoms with Gasteiger partial charge >= 0.3 is 6.03 Å². The summed E-state index contributed by atoms with van der Waals surface area (Å²) in [6, 6.07) is 10.7. The Bertz CT molecular complexity index is 722. The highest BCUT2D eigenvalue weighted by Gasteiger charge is 2.18. The van der Waals surface area contributed by atoms with Gasteiger partial charge in [-0.25, -0.2) is 13.6 Å². The van der Waals surface area contributed by atoms with Crippen LogP contribution in [0.15, 0.2) is 42.5 Å². The maximum absolute atomic E-state index is 13.5. The first kappa shape index (κ1) is 16.4. The van der Waals surface area contributed by atoms with Gasteiger partial charge in [0, 0.05) is 12.2 Å². The number of aliphatic hydroxyl groups is 1. The van der Waals surface area contributed by atoms with Gasteiger partial charge in [-0.15, -0.1) is 0 Å². The van der Waals surface area contributed by atoms with Gasteiger partial charge in [-0.3, -0.25) is 0 Å². The molecule has 0 radical (unpaired) electrons. The highest BCUT2D eigenvalue weighted by molar-refractivity contribution is 5.89. The second kappa shape index (κ2) is 7.33. The smallest absolute Gasteiger partial charge is 0.319 e. The topological polar surface area (TPSA) is 85.2 Å². The average molecular weight is 317 g/mol. The van der Waals surface area contributed by atoms with Crippen LogP contribution in [0.3, 0.4) is 0 Å². The first-order valence-corrected chi connectivity index (χ1v) is 6.68. The fraction of sp³-hybridized carbons (Fsp3) is 0.125. The Morgan fingerprint density at radius 1 is 1.17 bits per heavy atom. The quantitative estimate of drug-likeness (QED) is 0.810. The molecule has 2 rings (SSSR count). The number of halogens is 2. The number of nitriles is 1. The number of nitrogens with zero attached hydrogens (tertiary/aromatic N) is 1. The largest absolute Gasteiger partial charge is 0.386 e. The van der Waals surface area contributed by atoms with E-state index in [1.165, 1.54) is 30.3 Å². The Labute approximate surface area is 131 Å². The number of carbonyl (C=O) groups excluding carboxylic acids is 1. The minimum absolute atomic E-state index is 0.361. The molecule has 1 atom stereocenters. The number of benzene rings is 2. The van der Waals surface area contributed by atoms with E-state index >= 15 is 0 Å². The summed E-state index contributed by atoms with van der Waals surface area (Å²) in [5.74, 6) is -1.77. The number of hydrogen-bond acceptors (Lipinski definition) is 3. The van der Waals surface area contributed by atoms with Gasteiger partial charge in [0.05, 0.1) is 17.2 Å².